The van der Waals surface area contributed by atoms with Crippen LogP contribution >= 0.6 is 0 Å². The van der Waals surface area contributed by atoms with Gasteiger partial charge in [-0.1, -0.05) is 18.2 Å². The summed E-state index contributed by atoms with van der Waals surface area (Å²) in [6.45, 7) is 9.27. The molecule has 0 bridgehead atoms. The fourth-order valence-electron chi connectivity index (χ4n) is 3.93. The maximum atomic E-state index is 13.0. The van der Waals surface area contributed by atoms with Gasteiger partial charge in [-0.15, -0.1) is 0 Å². The van der Waals surface area contributed by atoms with Crippen LogP contribution in [0.2, 0.25) is 0 Å². The van der Waals surface area contributed by atoms with E-state index in [1.807, 2.05) is 50.8 Å². The Morgan fingerprint density at radius 1 is 0.966 bits per heavy atom. The second-order valence-electron chi connectivity index (χ2n) is 7.97. The molecule has 0 saturated carbocycles. The molecule has 0 atom stereocenters. The van der Waals surface area contributed by atoms with Gasteiger partial charge in [0.25, 0.3) is 5.91 Å². The van der Waals surface area contributed by atoms with Gasteiger partial charge < -0.3 is 4.90 Å². The van der Waals surface area contributed by atoms with E-state index in [1.165, 1.54) is 6.42 Å². The van der Waals surface area contributed by atoms with Gasteiger partial charge in [0.1, 0.15) is 0 Å². The van der Waals surface area contributed by atoms with E-state index in [9.17, 15) is 13.2 Å². The SMILES string of the molecule is Cc1cc(C)c(C)c(S(=O)(=O)NCc2cccc(C(=O)N3CCCCC3)c2)c1C. The van der Waals surface area contributed by atoms with Gasteiger partial charge in [0.2, 0.25) is 10.0 Å². The summed E-state index contributed by atoms with van der Waals surface area (Å²) in [7, 11) is -3.66. The van der Waals surface area contributed by atoms with Crippen LogP contribution in [0.15, 0.2) is 35.2 Å². The highest BCUT2D eigenvalue weighted by Crippen LogP contribution is 2.26. The number of likely N-dealkylation sites (tertiary alicyclic amines) is 1. The van der Waals surface area contributed by atoms with Crippen LogP contribution in [0.4, 0.5) is 0 Å². The second kappa shape index (κ2) is 8.67. The first-order chi connectivity index (χ1) is 13.7. The van der Waals surface area contributed by atoms with Crippen molar-refractivity contribution in [1.29, 1.82) is 0 Å². The van der Waals surface area contributed by atoms with Crippen LogP contribution in [0, 0.1) is 27.7 Å². The number of rotatable bonds is 5. The van der Waals surface area contributed by atoms with Crippen molar-refractivity contribution < 1.29 is 13.2 Å². The van der Waals surface area contributed by atoms with Crippen LogP contribution in [0.25, 0.3) is 0 Å². The number of aryl methyl sites for hydroxylation is 2. The highest BCUT2D eigenvalue weighted by molar-refractivity contribution is 7.89. The summed E-state index contributed by atoms with van der Waals surface area (Å²) in [6, 6.07) is 9.26. The number of amides is 1. The maximum absolute atomic E-state index is 13.0. The summed E-state index contributed by atoms with van der Waals surface area (Å²) in [5, 5.41) is 0. The number of nitrogens with one attached hydrogen (secondary N) is 1. The molecule has 0 spiro atoms. The summed E-state index contributed by atoms with van der Waals surface area (Å²) >= 11 is 0. The van der Waals surface area contributed by atoms with Crippen molar-refractivity contribution in [3.05, 3.63) is 63.7 Å². The first kappa shape index (κ1) is 21.5. The predicted molar refractivity (Wildman–Crippen MR) is 116 cm³/mol. The molecular formula is C23H30N2O3S. The van der Waals surface area contributed by atoms with E-state index >= 15 is 0 Å². The Morgan fingerprint density at radius 2 is 1.59 bits per heavy atom. The third-order valence-corrected chi connectivity index (χ3v) is 7.52. The van der Waals surface area contributed by atoms with Crippen molar-refractivity contribution in [3.63, 3.8) is 0 Å². The minimum absolute atomic E-state index is 0.0235. The Morgan fingerprint density at radius 3 is 2.21 bits per heavy atom. The Labute approximate surface area is 174 Å². The van der Waals surface area contributed by atoms with Crippen molar-refractivity contribution in [2.75, 3.05) is 13.1 Å². The molecule has 156 valence electrons. The van der Waals surface area contributed by atoms with Gasteiger partial charge in [0, 0.05) is 25.2 Å². The number of hydrogen-bond acceptors (Lipinski definition) is 3. The van der Waals surface area contributed by atoms with Crippen LogP contribution < -0.4 is 4.72 Å². The number of benzene rings is 2. The normalized spacial score (nSPS) is 14.8. The van der Waals surface area contributed by atoms with Crippen molar-refractivity contribution >= 4 is 15.9 Å². The Bertz CT molecular complexity index is 996. The topological polar surface area (TPSA) is 66.5 Å². The lowest BCUT2D eigenvalue weighted by molar-refractivity contribution is 0.0724. The Balaban J connectivity index is 1.79. The molecule has 1 fully saturated rings. The van der Waals surface area contributed by atoms with Gasteiger partial charge in [-0.05, 0) is 86.9 Å². The van der Waals surface area contributed by atoms with Crippen LogP contribution in [-0.2, 0) is 16.6 Å². The number of nitrogens with zero attached hydrogens (tertiary/aromatic N) is 1. The molecule has 29 heavy (non-hydrogen) atoms. The van der Waals surface area contributed by atoms with Crippen molar-refractivity contribution in [1.82, 2.24) is 9.62 Å². The molecule has 5 nitrogen and oxygen atoms in total. The van der Waals surface area contributed by atoms with E-state index in [0.29, 0.717) is 10.5 Å². The molecule has 0 aliphatic carbocycles. The largest absolute Gasteiger partial charge is 0.339 e. The molecule has 1 saturated heterocycles. The molecule has 1 amide bonds. The lowest BCUT2D eigenvalue weighted by Crippen LogP contribution is -2.35. The van der Waals surface area contributed by atoms with Gasteiger partial charge in [-0.3, -0.25) is 4.79 Å². The van der Waals surface area contributed by atoms with Crippen LogP contribution in [0.1, 0.15) is 57.4 Å². The third-order valence-electron chi connectivity index (χ3n) is 5.85. The Kier molecular flexibility index (Phi) is 6.44. The molecule has 0 radical (unpaired) electrons. The molecule has 1 heterocycles. The number of sulfonamides is 1. The fraction of sp³-hybridized carbons (Fsp3) is 0.435. The molecule has 6 heteroatoms. The number of hydrogen-bond donors (Lipinski definition) is 1. The van der Waals surface area contributed by atoms with E-state index in [4.69, 9.17) is 0 Å². The van der Waals surface area contributed by atoms with Crippen LogP contribution in [0.5, 0.6) is 0 Å². The molecule has 2 aromatic carbocycles. The lowest BCUT2D eigenvalue weighted by atomic mass is 10.0. The summed E-state index contributed by atoms with van der Waals surface area (Å²) in [4.78, 5) is 15.0. The fourth-order valence-corrected chi connectivity index (χ4v) is 5.56. The zero-order valence-electron chi connectivity index (χ0n) is 17.7. The highest BCUT2D eigenvalue weighted by atomic mass is 32.2. The smallest absolute Gasteiger partial charge is 0.253 e. The molecular weight excluding hydrogens is 384 g/mol. The van der Waals surface area contributed by atoms with E-state index in [0.717, 1.165) is 53.7 Å². The molecule has 1 aliphatic rings. The summed E-state index contributed by atoms with van der Waals surface area (Å²) in [5.41, 5.74) is 4.85. The van der Waals surface area contributed by atoms with Gasteiger partial charge in [0.15, 0.2) is 0 Å². The van der Waals surface area contributed by atoms with E-state index in [1.54, 1.807) is 12.1 Å². The first-order valence-electron chi connectivity index (χ1n) is 10.2. The first-order valence-corrected chi connectivity index (χ1v) is 11.6. The van der Waals surface area contributed by atoms with Crippen molar-refractivity contribution in [2.45, 2.75) is 58.4 Å². The van der Waals surface area contributed by atoms with Crippen LogP contribution in [0.3, 0.4) is 0 Å². The number of carbonyl (C=O) groups excluding carboxylic acids is 1. The van der Waals surface area contributed by atoms with E-state index < -0.39 is 10.0 Å². The lowest BCUT2D eigenvalue weighted by Gasteiger charge is -2.26. The van der Waals surface area contributed by atoms with Gasteiger partial charge >= 0.3 is 0 Å². The highest BCUT2D eigenvalue weighted by Gasteiger charge is 2.22. The average Bonchev–Trinajstić information content (AvgIpc) is 2.71. The standard InChI is InChI=1S/C23H30N2O3S/c1-16-13-17(2)19(4)22(18(16)3)29(27,28)24-15-20-9-8-10-21(14-20)23(26)25-11-6-5-7-12-25/h8-10,13-14,24H,5-7,11-12,15H2,1-4H3. The van der Waals surface area contributed by atoms with Crippen molar-refractivity contribution in [2.24, 2.45) is 0 Å². The van der Waals surface area contributed by atoms with Crippen LogP contribution in [-0.4, -0.2) is 32.3 Å². The van der Waals surface area contributed by atoms with Gasteiger partial charge in [0.05, 0.1) is 4.90 Å². The van der Waals surface area contributed by atoms with E-state index in [2.05, 4.69) is 4.72 Å². The predicted octanol–water partition coefficient (Wildman–Crippen LogP) is 4.02. The average molecular weight is 415 g/mol. The summed E-state index contributed by atoms with van der Waals surface area (Å²) in [5.74, 6) is 0.0235. The quantitative estimate of drug-likeness (QED) is 0.803. The zero-order chi connectivity index (χ0) is 21.2. The minimum Gasteiger partial charge on any atom is -0.339 e. The Hall–Kier alpha value is -2.18. The number of piperidine rings is 1. The maximum Gasteiger partial charge on any atom is 0.253 e. The minimum atomic E-state index is -3.66. The van der Waals surface area contributed by atoms with Crippen molar-refractivity contribution in [3.8, 4) is 0 Å². The summed E-state index contributed by atoms with van der Waals surface area (Å²) < 4.78 is 28.8. The molecule has 3 rings (SSSR count). The molecule has 1 N–H and O–H groups in total. The molecule has 2 aromatic rings. The molecule has 0 unspecified atom stereocenters. The second-order valence-corrected chi connectivity index (χ2v) is 9.67. The molecule has 1 aliphatic heterocycles. The third kappa shape index (κ3) is 4.70. The zero-order valence-corrected chi connectivity index (χ0v) is 18.5. The summed E-state index contributed by atoms with van der Waals surface area (Å²) in [6.07, 6.45) is 3.25. The van der Waals surface area contributed by atoms with E-state index in [-0.39, 0.29) is 12.5 Å². The van der Waals surface area contributed by atoms with Gasteiger partial charge in [-0.2, -0.15) is 0 Å². The van der Waals surface area contributed by atoms with Gasteiger partial charge in [-0.25, -0.2) is 13.1 Å². The monoisotopic (exact) mass is 414 g/mol. The number of carbonyl (C=O) groups is 1. The molecule has 0 aromatic heterocycles.